The maximum atomic E-state index is 9.71. The minimum absolute atomic E-state index is 0. The van der Waals surface area contributed by atoms with E-state index in [-0.39, 0.29) is 30.5 Å². The number of aliphatic hydroxyl groups is 1. The third kappa shape index (κ3) is 5.33. The van der Waals surface area contributed by atoms with Gasteiger partial charge in [0, 0.05) is 11.4 Å². The molecule has 0 radical (unpaired) electrons. The Morgan fingerprint density at radius 2 is 2.38 bits per heavy atom. The molecule has 1 rings (SSSR count). The number of thiophene rings is 1. The van der Waals surface area contributed by atoms with E-state index >= 15 is 0 Å². The average Bonchev–Trinajstić information content (AvgIpc) is 2.62. The Hall–Kier alpha value is -0.0500. The van der Waals surface area contributed by atoms with Crippen LogP contribution in [-0.2, 0) is 0 Å². The Labute approximate surface area is 121 Å². The summed E-state index contributed by atoms with van der Waals surface area (Å²) in [6.45, 7) is 2.89. The molecule has 0 amide bonds. The van der Waals surface area contributed by atoms with Gasteiger partial charge in [0.2, 0.25) is 0 Å². The molecule has 1 unspecified atom stereocenters. The lowest BCUT2D eigenvalue weighted by Crippen LogP contribution is -2.31. The molecule has 0 aliphatic heterocycles. The fourth-order valence-corrected chi connectivity index (χ4v) is 2.06. The lowest BCUT2D eigenvalue weighted by atomic mass is 10.3. The molecule has 0 aromatic carbocycles. The monoisotopic (exact) mass is 375 g/mol. The molecule has 1 aromatic rings. The summed E-state index contributed by atoms with van der Waals surface area (Å²) >= 11 is 7.10. The van der Waals surface area contributed by atoms with Crippen LogP contribution in [0.2, 0.25) is 4.34 Å². The largest absolute Gasteiger partial charge is 0.386 e. The molecule has 1 aromatic heterocycles. The van der Waals surface area contributed by atoms with E-state index < -0.39 is 6.10 Å². The van der Waals surface area contributed by atoms with Gasteiger partial charge in [-0.2, -0.15) is 0 Å². The minimum atomic E-state index is -0.639. The molecule has 92 valence electrons. The van der Waals surface area contributed by atoms with Crippen molar-refractivity contribution in [3.63, 3.8) is 0 Å². The summed E-state index contributed by atoms with van der Waals surface area (Å²) < 4.78 is 0.660. The number of aliphatic hydroxyl groups excluding tert-OH is 1. The number of guanidine groups is 1. The Morgan fingerprint density at radius 1 is 1.69 bits per heavy atom. The van der Waals surface area contributed by atoms with Gasteiger partial charge in [-0.3, -0.25) is 4.99 Å². The summed E-state index contributed by atoms with van der Waals surface area (Å²) in [7, 11) is 0. The standard InChI is InChI=1S/C9H14ClN3OS.HI/c1-2-12-9(11)13-5-6(14)7-3-4-8(10)15-7;/h3-4,6,14H,2,5H2,1H3,(H3,11,12,13);1H. The topological polar surface area (TPSA) is 70.6 Å². The van der Waals surface area contributed by atoms with Crippen molar-refractivity contribution in [1.82, 2.24) is 5.32 Å². The quantitative estimate of drug-likeness (QED) is 0.428. The van der Waals surface area contributed by atoms with Gasteiger partial charge < -0.3 is 16.2 Å². The summed E-state index contributed by atoms with van der Waals surface area (Å²) in [5, 5.41) is 12.6. The number of rotatable bonds is 4. The van der Waals surface area contributed by atoms with E-state index in [1.165, 1.54) is 11.3 Å². The van der Waals surface area contributed by atoms with Crippen molar-refractivity contribution in [2.45, 2.75) is 13.0 Å². The summed E-state index contributed by atoms with van der Waals surface area (Å²) in [6.07, 6.45) is -0.639. The molecule has 0 aliphatic carbocycles. The van der Waals surface area contributed by atoms with Gasteiger partial charge >= 0.3 is 0 Å². The van der Waals surface area contributed by atoms with E-state index in [4.69, 9.17) is 17.3 Å². The molecule has 4 N–H and O–H groups in total. The first-order valence-corrected chi connectivity index (χ1v) is 5.80. The average molecular weight is 376 g/mol. The molecule has 1 heterocycles. The van der Waals surface area contributed by atoms with Crippen molar-refractivity contribution >= 4 is 52.9 Å². The second-order valence-corrected chi connectivity index (χ2v) is 4.66. The lowest BCUT2D eigenvalue weighted by molar-refractivity contribution is 0.191. The van der Waals surface area contributed by atoms with Crippen molar-refractivity contribution < 1.29 is 5.11 Å². The highest BCUT2D eigenvalue weighted by atomic mass is 127. The van der Waals surface area contributed by atoms with Crippen molar-refractivity contribution in [1.29, 1.82) is 0 Å². The maximum absolute atomic E-state index is 9.71. The number of hydrogen-bond donors (Lipinski definition) is 3. The first-order chi connectivity index (χ1) is 7.13. The minimum Gasteiger partial charge on any atom is -0.386 e. The molecule has 1 atom stereocenters. The first-order valence-electron chi connectivity index (χ1n) is 4.60. The van der Waals surface area contributed by atoms with Crippen LogP contribution in [0.1, 0.15) is 17.9 Å². The first kappa shape index (κ1) is 16.0. The fourth-order valence-electron chi connectivity index (χ4n) is 1.02. The molecular weight excluding hydrogens is 361 g/mol. The van der Waals surface area contributed by atoms with Crippen LogP contribution in [-0.4, -0.2) is 24.2 Å². The molecule has 4 nitrogen and oxygen atoms in total. The van der Waals surface area contributed by atoms with Crippen molar-refractivity contribution in [2.24, 2.45) is 10.7 Å². The SMILES string of the molecule is CCNC(N)=NCC(O)c1ccc(Cl)s1.I. The van der Waals surface area contributed by atoms with E-state index in [2.05, 4.69) is 10.3 Å². The maximum Gasteiger partial charge on any atom is 0.188 e. The third-order valence-corrected chi connectivity index (χ3v) is 3.05. The third-order valence-electron chi connectivity index (χ3n) is 1.71. The number of nitrogens with one attached hydrogen (secondary N) is 1. The summed E-state index contributed by atoms with van der Waals surface area (Å²) in [6, 6.07) is 3.54. The highest BCUT2D eigenvalue weighted by Crippen LogP contribution is 2.26. The molecule has 0 aliphatic rings. The molecule has 0 saturated carbocycles. The molecule has 0 saturated heterocycles. The van der Waals surface area contributed by atoms with E-state index in [1.54, 1.807) is 12.1 Å². The number of hydrogen-bond acceptors (Lipinski definition) is 3. The zero-order valence-corrected chi connectivity index (χ0v) is 12.7. The molecule has 0 bridgehead atoms. The van der Waals surface area contributed by atoms with Crippen LogP contribution in [0, 0.1) is 0 Å². The van der Waals surface area contributed by atoms with Crippen LogP contribution in [0.4, 0.5) is 0 Å². The van der Waals surface area contributed by atoms with Gasteiger partial charge in [0.15, 0.2) is 5.96 Å². The van der Waals surface area contributed by atoms with Crippen LogP contribution in [0.3, 0.4) is 0 Å². The predicted octanol–water partition coefficient (Wildman–Crippen LogP) is 1.98. The van der Waals surface area contributed by atoms with E-state index in [1.807, 2.05) is 6.92 Å². The summed E-state index contributed by atoms with van der Waals surface area (Å²) in [4.78, 5) is 4.80. The smallest absolute Gasteiger partial charge is 0.188 e. The molecule has 16 heavy (non-hydrogen) atoms. The zero-order chi connectivity index (χ0) is 11.3. The Balaban J connectivity index is 0.00000225. The highest BCUT2D eigenvalue weighted by Gasteiger charge is 2.09. The van der Waals surface area contributed by atoms with Crippen LogP contribution < -0.4 is 11.1 Å². The second-order valence-electron chi connectivity index (χ2n) is 2.91. The van der Waals surface area contributed by atoms with Gasteiger partial charge in [-0.05, 0) is 19.1 Å². The number of nitrogens with two attached hydrogens (primary N) is 1. The van der Waals surface area contributed by atoms with Gasteiger partial charge in [0.05, 0.1) is 10.9 Å². The number of aliphatic imine (C=N–C) groups is 1. The van der Waals surface area contributed by atoms with Crippen LogP contribution in [0.25, 0.3) is 0 Å². The van der Waals surface area contributed by atoms with Crippen molar-refractivity contribution in [2.75, 3.05) is 13.1 Å². The lowest BCUT2D eigenvalue weighted by Gasteiger charge is -2.06. The fraction of sp³-hybridized carbons (Fsp3) is 0.444. The number of halogens is 2. The van der Waals surface area contributed by atoms with Crippen molar-refractivity contribution in [3.05, 3.63) is 21.3 Å². The Bertz CT molecular complexity index is 345. The normalized spacial score (nSPS) is 13.1. The van der Waals surface area contributed by atoms with Crippen LogP contribution in [0.5, 0.6) is 0 Å². The van der Waals surface area contributed by atoms with Crippen LogP contribution >= 0.6 is 46.9 Å². The molecule has 0 fully saturated rings. The number of nitrogens with zero attached hydrogens (tertiary/aromatic N) is 1. The van der Waals surface area contributed by atoms with Gasteiger partial charge in [-0.1, -0.05) is 11.6 Å². The molecular formula is C9H15ClIN3OS. The predicted molar refractivity (Wildman–Crippen MR) is 79.9 cm³/mol. The van der Waals surface area contributed by atoms with Gasteiger partial charge in [-0.25, -0.2) is 0 Å². The van der Waals surface area contributed by atoms with E-state index in [9.17, 15) is 5.11 Å². The Morgan fingerprint density at radius 3 is 2.88 bits per heavy atom. The van der Waals surface area contributed by atoms with E-state index in [0.717, 1.165) is 11.4 Å². The Kier molecular flexibility index (Phi) is 8.08. The second kappa shape index (κ2) is 8.10. The van der Waals surface area contributed by atoms with Gasteiger partial charge in [0.1, 0.15) is 6.10 Å². The van der Waals surface area contributed by atoms with E-state index in [0.29, 0.717) is 10.3 Å². The zero-order valence-electron chi connectivity index (χ0n) is 8.81. The van der Waals surface area contributed by atoms with Gasteiger partial charge in [0.25, 0.3) is 0 Å². The van der Waals surface area contributed by atoms with Crippen molar-refractivity contribution in [3.8, 4) is 0 Å². The van der Waals surface area contributed by atoms with Gasteiger partial charge in [-0.15, -0.1) is 35.3 Å². The molecule has 0 spiro atoms. The summed E-state index contributed by atoms with van der Waals surface area (Å²) in [5.41, 5.74) is 5.52. The highest BCUT2D eigenvalue weighted by molar-refractivity contribution is 14.0. The van der Waals surface area contributed by atoms with Crippen LogP contribution in [0.15, 0.2) is 17.1 Å². The summed E-state index contributed by atoms with van der Waals surface area (Å²) in [5.74, 6) is 0.346. The molecule has 7 heteroatoms.